The van der Waals surface area contributed by atoms with E-state index in [0.717, 1.165) is 22.4 Å². The SMILES string of the molecule is O=C(NCc1cncc(-c2ccoc2)c1)c1cnn(-c2ccccc2)n1. The Kier molecular flexibility index (Phi) is 4.26. The molecule has 4 aromatic rings. The first kappa shape index (κ1) is 15.8. The lowest BCUT2D eigenvalue weighted by atomic mass is 10.1. The number of amides is 1. The van der Waals surface area contributed by atoms with E-state index in [0.29, 0.717) is 6.54 Å². The number of aromatic nitrogens is 4. The van der Waals surface area contributed by atoms with Crippen LogP contribution in [0.25, 0.3) is 16.8 Å². The first-order valence-electron chi connectivity index (χ1n) is 8.02. The van der Waals surface area contributed by atoms with Crippen molar-refractivity contribution in [2.75, 3.05) is 0 Å². The van der Waals surface area contributed by atoms with E-state index in [2.05, 4.69) is 20.5 Å². The van der Waals surface area contributed by atoms with Crippen molar-refractivity contribution >= 4 is 5.91 Å². The highest BCUT2D eigenvalue weighted by Crippen LogP contribution is 2.19. The number of furan rings is 1. The summed E-state index contributed by atoms with van der Waals surface area (Å²) in [4.78, 5) is 18.0. The van der Waals surface area contributed by atoms with Crippen molar-refractivity contribution in [3.05, 3.63) is 84.8 Å². The fourth-order valence-electron chi connectivity index (χ4n) is 2.50. The standard InChI is InChI=1S/C19H15N5O2/c25-19(18-12-22-24(23-18)17-4-2-1-3-5-17)21-10-14-8-16(11-20-9-14)15-6-7-26-13-15/h1-9,11-13H,10H2,(H,21,25). The van der Waals surface area contributed by atoms with E-state index in [9.17, 15) is 4.79 Å². The second kappa shape index (κ2) is 7.02. The maximum Gasteiger partial charge on any atom is 0.273 e. The molecule has 7 nitrogen and oxygen atoms in total. The lowest BCUT2D eigenvalue weighted by molar-refractivity contribution is 0.0945. The fourth-order valence-corrected chi connectivity index (χ4v) is 2.50. The van der Waals surface area contributed by atoms with Gasteiger partial charge >= 0.3 is 0 Å². The summed E-state index contributed by atoms with van der Waals surface area (Å²) >= 11 is 0. The largest absolute Gasteiger partial charge is 0.472 e. The van der Waals surface area contributed by atoms with Gasteiger partial charge in [0.2, 0.25) is 0 Å². The number of hydrogen-bond donors (Lipinski definition) is 1. The predicted octanol–water partition coefficient (Wildman–Crippen LogP) is 2.85. The van der Waals surface area contributed by atoms with Crippen LogP contribution in [0.3, 0.4) is 0 Å². The normalized spacial score (nSPS) is 10.6. The van der Waals surface area contributed by atoms with Crippen LogP contribution < -0.4 is 5.32 Å². The zero-order valence-corrected chi connectivity index (χ0v) is 13.7. The maximum atomic E-state index is 12.3. The van der Waals surface area contributed by atoms with Crippen LogP contribution in [-0.2, 0) is 6.54 Å². The fraction of sp³-hybridized carbons (Fsp3) is 0.0526. The van der Waals surface area contributed by atoms with Gasteiger partial charge in [0.15, 0.2) is 5.69 Å². The smallest absolute Gasteiger partial charge is 0.273 e. The molecule has 0 fully saturated rings. The van der Waals surface area contributed by atoms with Crippen LogP contribution in [0.15, 0.2) is 78.0 Å². The number of carbonyl (C=O) groups is 1. The summed E-state index contributed by atoms with van der Waals surface area (Å²) in [5.41, 5.74) is 3.81. The van der Waals surface area contributed by atoms with Crippen molar-refractivity contribution in [3.8, 4) is 16.8 Å². The minimum atomic E-state index is -0.291. The van der Waals surface area contributed by atoms with Crippen molar-refractivity contribution in [1.82, 2.24) is 25.3 Å². The van der Waals surface area contributed by atoms with Crippen LogP contribution in [0, 0.1) is 0 Å². The van der Waals surface area contributed by atoms with Crippen LogP contribution in [-0.4, -0.2) is 25.9 Å². The molecule has 0 aliphatic rings. The molecular weight excluding hydrogens is 330 g/mol. The molecule has 1 amide bonds. The number of rotatable bonds is 5. The second-order valence-electron chi connectivity index (χ2n) is 5.63. The van der Waals surface area contributed by atoms with Crippen LogP contribution in [0.5, 0.6) is 0 Å². The van der Waals surface area contributed by atoms with Crippen molar-refractivity contribution < 1.29 is 9.21 Å². The summed E-state index contributed by atoms with van der Waals surface area (Å²) in [6, 6.07) is 13.2. The average Bonchev–Trinajstić information content (AvgIpc) is 3.39. The van der Waals surface area contributed by atoms with Gasteiger partial charge in [-0.2, -0.15) is 9.90 Å². The topological polar surface area (TPSA) is 85.8 Å². The molecule has 7 heteroatoms. The molecule has 1 N–H and O–H groups in total. The highest BCUT2D eigenvalue weighted by molar-refractivity contribution is 5.91. The Balaban J connectivity index is 1.43. The number of nitrogens with zero attached hydrogens (tertiary/aromatic N) is 4. The van der Waals surface area contributed by atoms with E-state index in [4.69, 9.17) is 4.42 Å². The highest BCUT2D eigenvalue weighted by Gasteiger charge is 2.11. The first-order chi connectivity index (χ1) is 12.8. The minimum absolute atomic E-state index is 0.257. The molecule has 26 heavy (non-hydrogen) atoms. The lowest BCUT2D eigenvalue weighted by Crippen LogP contribution is -2.23. The molecule has 3 heterocycles. The minimum Gasteiger partial charge on any atom is -0.472 e. The number of benzene rings is 1. The lowest BCUT2D eigenvalue weighted by Gasteiger charge is -2.05. The van der Waals surface area contributed by atoms with Gasteiger partial charge in [0, 0.05) is 30.1 Å². The zero-order chi connectivity index (χ0) is 17.8. The van der Waals surface area contributed by atoms with E-state index >= 15 is 0 Å². The average molecular weight is 345 g/mol. The number of carbonyl (C=O) groups excluding carboxylic acids is 1. The van der Waals surface area contributed by atoms with Gasteiger partial charge in [0.1, 0.15) is 0 Å². The molecule has 0 spiro atoms. The number of hydrogen-bond acceptors (Lipinski definition) is 5. The van der Waals surface area contributed by atoms with Gasteiger partial charge in [-0.1, -0.05) is 18.2 Å². The Morgan fingerprint density at radius 2 is 1.96 bits per heavy atom. The monoisotopic (exact) mass is 345 g/mol. The summed E-state index contributed by atoms with van der Waals surface area (Å²) in [5.74, 6) is -0.291. The van der Waals surface area contributed by atoms with Crippen LogP contribution >= 0.6 is 0 Å². The molecule has 0 saturated carbocycles. The zero-order valence-electron chi connectivity index (χ0n) is 13.7. The number of pyridine rings is 1. The molecule has 0 unspecified atom stereocenters. The van der Waals surface area contributed by atoms with E-state index in [1.54, 1.807) is 24.9 Å². The quantitative estimate of drug-likeness (QED) is 0.601. The Bertz CT molecular complexity index is 1010. The van der Waals surface area contributed by atoms with Gasteiger partial charge in [0.25, 0.3) is 5.91 Å². The Labute approximate surface area is 149 Å². The molecule has 0 aliphatic carbocycles. The van der Waals surface area contributed by atoms with Crippen LogP contribution in [0.1, 0.15) is 16.1 Å². The molecule has 1 aromatic carbocycles. The highest BCUT2D eigenvalue weighted by atomic mass is 16.3. The molecule has 3 aromatic heterocycles. The summed E-state index contributed by atoms with van der Waals surface area (Å²) < 4.78 is 5.09. The maximum absolute atomic E-state index is 12.3. The van der Waals surface area contributed by atoms with Crippen molar-refractivity contribution in [2.24, 2.45) is 0 Å². The Morgan fingerprint density at radius 3 is 2.77 bits per heavy atom. The third-order valence-electron chi connectivity index (χ3n) is 3.81. The van der Waals surface area contributed by atoms with Crippen molar-refractivity contribution in [3.63, 3.8) is 0 Å². The van der Waals surface area contributed by atoms with Crippen molar-refractivity contribution in [2.45, 2.75) is 6.54 Å². The van der Waals surface area contributed by atoms with E-state index in [1.165, 1.54) is 11.0 Å². The molecular formula is C19H15N5O2. The van der Waals surface area contributed by atoms with E-state index < -0.39 is 0 Å². The van der Waals surface area contributed by atoms with E-state index in [1.807, 2.05) is 42.5 Å². The molecule has 4 rings (SSSR count). The molecule has 0 bridgehead atoms. The molecule has 0 saturated heterocycles. The van der Waals surface area contributed by atoms with Crippen LogP contribution in [0.4, 0.5) is 0 Å². The first-order valence-corrected chi connectivity index (χ1v) is 8.02. The molecule has 0 atom stereocenters. The van der Waals surface area contributed by atoms with Gasteiger partial charge < -0.3 is 9.73 Å². The molecule has 0 radical (unpaired) electrons. The van der Waals surface area contributed by atoms with Gasteiger partial charge in [0.05, 0.1) is 24.4 Å². The third-order valence-corrected chi connectivity index (χ3v) is 3.81. The molecule has 128 valence electrons. The Morgan fingerprint density at radius 1 is 1.08 bits per heavy atom. The summed E-state index contributed by atoms with van der Waals surface area (Å²) in [5, 5.41) is 11.2. The predicted molar refractivity (Wildman–Crippen MR) is 94.5 cm³/mol. The second-order valence-corrected chi connectivity index (χ2v) is 5.63. The third kappa shape index (κ3) is 3.36. The van der Waals surface area contributed by atoms with Gasteiger partial charge in [-0.25, -0.2) is 0 Å². The number of nitrogens with one attached hydrogen (secondary N) is 1. The Hall–Kier alpha value is -3.74. The molecule has 0 aliphatic heterocycles. The summed E-state index contributed by atoms with van der Waals surface area (Å²) in [6.45, 7) is 0.343. The van der Waals surface area contributed by atoms with Crippen LogP contribution in [0.2, 0.25) is 0 Å². The summed E-state index contributed by atoms with van der Waals surface area (Å²) in [6.07, 6.45) is 8.18. The van der Waals surface area contributed by atoms with Gasteiger partial charge in [-0.3, -0.25) is 9.78 Å². The van der Waals surface area contributed by atoms with Gasteiger partial charge in [-0.15, -0.1) is 5.10 Å². The van der Waals surface area contributed by atoms with E-state index in [-0.39, 0.29) is 11.6 Å². The van der Waals surface area contributed by atoms with Crippen molar-refractivity contribution in [1.29, 1.82) is 0 Å². The van der Waals surface area contributed by atoms with Gasteiger partial charge in [-0.05, 0) is 29.8 Å². The summed E-state index contributed by atoms with van der Waals surface area (Å²) in [7, 11) is 0. The number of para-hydroxylation sites is 1.